The maximum atomic E-state index is 12.7. The maximum absolute atomic E-state index is 12.7. The molecule has 4 aliphatic carbocycles. The minimum Gasteiger partial charge on any atom is -0.494 e. The molecule has 0 spiro atoms. The van der Waals surface area contributed by atoms with E-state index in [1.807, 2.05) is 43.3 Å². The highest BCUT2D eigenvalue weighted by molar-refractivity contribution is 7.92. The first-order chi connectivity index (χ1) is 16.7. The number of hydrogen-bond donors (Lipinski definition) is 1. The third-order valence-corrected chi connectivity index (χ3v) is 9.36. The van der Waals surface area contributed by atoms with Crippen LogP contribution in [0.25, 0.3) is 0 Å². The number of nitrogens with one attached hydrogen (secondary N) is 1. The van der Waals surface area contributed by atoms with E-state index in [1.165, 1.54) is 48.4 Å². The van der Waals surface area contributed by atoms with Gasteiger partial charge >= 0.3 is 0 Å². The van der Waals surface area contributed by atoms with Crippen LogP contribution in [-0.4, -0.2) is 33.7 Å². The van der Waals surface area contributed by atoms with Crippen LogP contribution >= 0.6 is 0 Å². The molecular formula is C28H36N2O4S. The Morgan fingerprint density at radius 2 is 1.54 bits per heavy atom. The topological polar surface area (TPSA) is 75.7 Å². The fourth-order valence-corrected chi connectivity index (χ4v) is 7.96. The van der Waals surface area contributed by atoms with E-state index < -0.39 is 10.0 Å². The van der Waals surface area contributed by atoms with Crippen molar-refractivity contribution >= 4 is 21.6 Å². The summed E-state index contributed by atoms with van der Waals surface area (Å²) in [6.45, 7) is 2.61. The van der Waals surface area contributed by atoms with Crippen molar-refractivity contribution in [2.24, 2.45) is 17.8 Å². The number of ether oxygens (including phenoxy) is 1. The van der Waals surface area contributed by atoms with Gasteiger partial charge in [0, 0.05) is 6.54 Å². The molecule has 4 fully saturated rings. The van der Waals surface area contributed by atoms with E-state index >= 15 is 0 Å². The molecule has 0 aliphatic heterocycles. The third kappa shape index (κ3) is 5.20. The molecule has 0 saturated heterocycles. The zero-order chi connectivity index (χ0) is 24.6. The largest absolute Gasteiger partial charge is 0.494 e. The fourth-order valence-electron chi connectivity index (χ4n) is 7.10. The van der Waals surface area contributed by atoms with Gasteiger partial charge in [-0.3, -0.25) is 9.10 Å². The van der Waals surface area contributed by atoms with E-state index in [2.05, 4.69) is 17.4 Å². The summed E-state index contributed by atoms with van der Waals surface area (Å²) in [6.07, 6.45) is 9.13. The standard InChI is InChI=1S/C28H36N2O4S/c1-3-34-26-10-4-20(5-11-26)18-29-27(31)19-30(35(2,32)33)25-8-6-24(7-9-25)28-15-21-12-22(16-28)14-23(13-21)17-28/h4-11,21-23H,3,12-19H2,1-2H3,(H,29,31). The minimum atomic E-state index is -3.61. The van der Waals surface area contributed by atoms with Crippen molar-refractivity contribution < 1.29 is 17.9 Å². The van der Waals surface area contributed by atoms with Gasteiger partial charge in [0.1, 0.15) is 12.3 Å². The lowest BCUT2D eigenvalue weighted by Gasteiger charge is -2.57. The minimum absolute atomic E-state index is 0.243. The molecule has 0 heterocycles. The number of carbonyl (C=O) groups is 1. The number of anilines is 1. The highest BCUT2D eigenvalue weighted by atomic mass is 32.2. The van der Waals surface area contributed by atoms with Crippen LogP contribution in [-0.2, 0) is 26.8 Å². The zero-order valence-electron chi connectivity index (χ0n) is 20.7. The van der Waals surface area contributed by atoms with Crippen molar-refractivity contribution in [2.45, 2.75) is 57.4 Å². The Morgan fingerprint density at radius 3 is 2.06 bits per heavy atom. The molecule has 7 heteroatoms. The van der Waals surface area contributed by atoms with Crippen molar-refractivity contribution in [2.75, 3.05) is 23.7 Å². The van der Waals surface area contributed by atoms with E-state index in [-0.39, 0.29) is 17.9 Å². The van der Waals surface area contributed by atoms with Gasteiger partial charge in [-0.25, -0.2) is 8.42 Å². The summed E-state index contributed by atoms with van der Waals surface area (Å²) < 4.78 is 31.8. The van der Waals surface area contributed by atoms with Crippen LogP contribution in [0.3, 0.4) is 0 Å². The molecule has 188 valence electrons. The van der Waals surface area contributed by atoms with Gasteiger partial charge in [0.25, 0.3) is 0 Å². The summed E-state index contributed by atoms with van der Waals surface area (Å²) in [4.78, 5) is 12.7. The second-order valence-corrected chi connectivity index (χ2v) is 12.8. The smallest absolute Gasteiger partial charge is 0.241 e. The molecule has 0 aromatic heterocycles. The Bertz CT molecular complexity index is 1120. The summed E-state index contributed by atoms with van der Waals surface area (Å²) in [5.41, 5.74) is 3.07. The molecule has 0 atom stereocenters. The second-order valence-electron chi connectivity index (χ2n) is 10.9. The number of sulfonamides is 1. The molecule has 1 amide bonds. The summed E-state index contributed by atoms with van der Waals surface area (Å²) in [6, 6.07) is 15.5. The third-order valence-electron chi connectivity index (χ3n) is 8.22. The Morgan fingerprint density at radius 1 is 0.971 bits per heavy atom. The van der Waals surface area contributed by atoms with Crippen LogP contribution in [0, 0.1) is 17.8 Å². The van der Waals surface area contributed by atoms with Crippen molar-refractivity contribution in [1.29, 1.82) is 0 Å². The van der Waals surface area contributed by atoms with Gasteiger partial charge in [-0.05, 0) is 104 Å². The summed E-state index contributed by atoms with van der Waals surface area (Å²) in [7, 11) is -3.61. The van der Waals surface area contributed by atoms with Crippen LogP contribution in [0.2, 0.25) is 0 Å². The molecule has 1 N–H and O–H groups in total. The van der Waals surface area contributed by atoms with Crippen molar-refractivity contribution in [3.05, 3.63) is 59.7 Å². The number of nitrogens with zero attached hydrogens (tertiary/aromatic N) is 1. The molecule has 0 unspecified atom stereocenters. The average Bonchev–Trinajstić information content (AvgIpc) is 2.81. The van der Waals surface area contributed by atoms with Crippen molar-refractivity contribution in [3.8, 4) is 5.75 Å². The van der Waals surface area contributed by atoms with Gasteiger partial charge in [-0.15, -0.1) is 0 Å². The number of rotatable bonds is 9. The molecule has 2 aromatic rings. The van der Waals surface area contributed by atoms with E-state index in [0.29, 0.717) is 18.8 Å². The van der Waals surface area contributed by atoms with Crippen molar-refractivity contribution in [3.63, 3.8) is 0 Å². The van der Waals surface area contributed by atoms with E-state index in [4.69, 9.17) is 4.74 Å². The van der Waals surface area contributed by atoms with E-state index in [0.717, 1.165) is 35.3 Å². The first-order valence-electron chi connectivity index (χ1n) is 12.8. The molecule has 4 bridgehead atoms. The highest BCUT2D eigenvalue weighted by Gasteiger charge is 2.51. The monoisotopic (exact) mass is 496 g/mol. The number of hydrogen-bond acceptors (Lipinski definition) is 4. The van der Waals surface area contributed by atoms with Gasteiger partial charge in [-0.2, -0.15) is 0 Å². The summed E-state index contributed by atoms with van der Waals surface area (Å²) in [5, 5.41) is 2.84. The normalized spacial score (nSPS) is 27.0. The number of carbonyl (C=O) groups excluding carboxylic acids is 1. The second kappa shape index (κ2) is 9.49. The predicted octanol–water partition coefficient (Wildman–Crippen LogP) is 4.64. The Hall–Kier alpha value is -2.54. The van der Waals surface area contributed by atoms with Gasteiger partial charge < -0.3 is 10.1 Å². The lowest BCUT2D eigenvalue weighted by molar-refractivity contribution is -0.119. The zero-order valence-corrected chi connectivity index (χ0v) is 21.5. The summed E-state index contributed by atoms with van der Waals surface area (Å²) >= 11 is 0. The maximum Gasteiger partial charge on any atom is 0.241 e. The lowest BCUT2D eigenvalue weighted by Crippen LogP contribution is -2.48. The van der Waals surface area contributed by atoms with Crippen molar-refractivity contribution in [1.82, 2.24) is 5.32 Å². The van der Waals surface area contributed by atoms with Crippen LogP contribution in [0.1, 0.15) is 56.6 Å². The SMILES string of the molecule is CCOc1ccc(CNC(=O)CN(c2ccc(C34CC5CC(CC(C5)C3)C4)cc2)S(C)(=O)=O)cc1. The number of amides is 1. The predicted molar refractivity (Wildman–Crippen MR) is 138 cm³/mol. The molecule has 6 nitrogen and oxygen atoms in total. The first-order valence-corrected chi connectivity index (χ1v) is 14.7. The number of benzene rings is 2. The fraction of sp³-hybridized carbons (Fsp3) is 0.536. The Kier molecular flexibility index (Phi) is 6.55. The van der Waals surface area contributed by atoms with Crippen LogP contribution in [0.4, 0.5) is 5.69 Å². The quantitative estimate of drug-likeness (QED) is 0.549. The molecule has 35 heavy (non-hydrogen) atoms. The molecular weight excluding hydrogens is 460 g/mol. The van der Waals surface area contributed by atoms with E-state index in [1.54, 1.807) is 0 Å². The van der Waals surface area contributed by atoms with Gasteiger partial charge in [0.05, 0.1) is 18.6 Å². The molecule has 4 saturated carbocycles. The molecule has 0 radical (unpaired) electrons. The van der Waals surface area contributed by atoms with Crippen LogP contribution in [0.5, 0.6) is 5.75 Å². The van der Waals surface area contributed by atoms with Crippen LogP contribution in [0.15, 0.2) is 48.5 Å². The Balaban J connectivity index is 1.25. The summed E-state index contributed by atoms with van der Waals surface area (Å²) in [5.74, 6) is 3.00. The lowest BCUT2D eigenvalue weighted by atomic mass is 9.48. The molecule has 4 aliphatic rings. The van der Waals surface area contributed by atoms with Crippen LogP contribution < -0.4 is 14.4 Å². The van der Waals surface area contributed by atoms with Gasteiger partial charge in [-0.1, -0.05) is 24.3 Å². The highest BCUT2D eigenvalue weighted by Crippen LogP contribution is 2.60. The van der Waals surface area contributed by atoms with Gasteiger partial charge in [0.2, 0.25) is 15.9 Å². The van der Waals surface area contributed by atoms with Gasteiger partial charge in [0.15, 0.2) is 0 Å². The average molecular weight is 497 g/mol. The molecule has 6 rings (SSSR count). The first kappa shape index (κ1) is 24.2. The molecule has 2 aromatic carbocycles. The Labute approximate surface area is 209 Å². The van der Waals surface area contributed by atoms with E-state index in [9.17, 15) is 13.2 Å².